The summed E-state index contributed by atoms with van der Waals surface area (Å²) in [5.74, 6) is -0.344. The summed E-state index contributed by atoms with van der Waals surface area (Å²) in [6.07, 6.45) is 6.25. The molecule has 1 amide bonds. The lowest BCUT2D eigenvalue weighted by molar-refractivity contribution is 0.0697. The van der Waals surface area contributed by atoms with Gasteiger partial charge in [-0.25, -0.2) is 4.79 Å². The number of rotatable bonds is 7. The zero-order valence-corrected chi connectivity index (χ0v) is 22.5. The van der Waals surface area contributed by atoms with Crippen molar-refractivity contribution in [2.24, 2.45) is 5.92 Å². The number of carbonyl (C=O) groups is 2. The Hall–Kier alpha value is -3.86. The van der Waals surface area contributed by atoms with Crippen LogP contribution in [0.15, 0.2) is 66.7 Å². The first-order valence-electron chi connectivity index (χ1n) is 13.7. The van der Waals surface area contributed by atoms with Gasteiger partial charge in [-0.3, -0.25) is 4.79 Å². The van der Waals surface area contributed by atoms with Gasteiger partial charge in [-0.15, -0.1) is 0 Å². The zero-order chi connectivity index (χ0) is 26.8. The highest BCUT2D eigenvalue weighted by atomic mass is 16.4. The molecule has 1 aliphatic carbocycles. The van der Waals surface area contributed by atoms with Crippen molar-refractivity contribution in [1.82, 2.24) is 9.88 Å². The fourth-order valence-electron chi connectivity index (χ4n) is 5.93. The smallest absolute Gasteiger partial charge is 0.336 e. The van der Waals surface area contributed by atoms with Gasteiger partial charge in [-0.05, 0) is 86.1 Å². The second-order valence-corrected chi connectivity index (χ2v) is 10.7. The maximum absolute atomic E-state index is 13.1. The molecule has 5 heteroatoms. The van der Waals surface area contributed by atoms with Crippen LogP contribution in [-0.2, 0) is 6.54 Å². The molecule has 1 fully saturated rings. The maximum atomic E-state index is 13.1. The van der Waals surface area contributed by atoms with Gasteiger partial charge in [-0.2, -0.15) is 0 Å². The molecule has 38 heavy (non-hydrogen) atoms. The molecule has 0 unspecified atom stereocenters. The molecule has 0 saturated heterocycles. The number of hydrogen-bond donors (Lipinski definition) is 2. The monoisotopic (exact) mass is 508 g/mol. The van der Waals surface area contributed by atoms with E-state index in [9.17, 15) is 14.7 Å². The number of carbonyl (C=O) groups excluding carboxylic acids is 1. The van der Waals surface area contributed by atoms with Crippen LogP contribution in [0.3, 0.4) is 0 Å². The number of aromatic nitrogens is 1. The van der Waals surface area contributed by atoms with E-state index in [1.807, 2.05) is 36.4 Å². The van der Waals surface area contributed by atoms with E-state index in [1.54, 1.807) is 12.1 Å². The normalized spacial score (nSPS) is 14.9. The molecule has 196 valence electrons. The van der Waals surface area contributed by atoms with E-state index >= 15 is 0 Å². The van der Waals surface area contributed by atoms with E-state index in [0.717, 1.165) is 22.0 Å². The van der Waals surface area contributed by atoms with Crippen LogP contribution in [0.1, 0.15) is 76.6 Å². The van der Waals surface area contributed by atoms with Gasteiger partial charge in [0.2, 0.25) is 0 Å². The fraction of sp³-hybridized carbons (Fsp3) is 0.333. The number of nitrogens with zero attached hydrogens (tertiary/aromatic N) is 1. The van der Waals surface area contributed by atoms with Crippen LogP contribution >= 0.6 is 0 Å². The molecular formula is C33H36N2O3. The van der Waals surface area contributed by atoms with Crippen molar-refractivity contribution in [3.8, 4) is 11.1 Å². The Labute approximate surface area is 224 Å². The van der Waals surface area contributed by atoms with Crippen molar-refractivity contribution >= 4 is 22.8 Å². The Balaban J connectivity index is 1.36. The van der Waals surface area contributed by atoms with Crippen LogP contribution in [-0.4, -0.2) is 27.6 Å². The Kier molecular flexibility index (Phi) is 7.37. The van der Waals surface area contributed by atoms with Crippen molar-refractivity contribution < 1.29 is 14.7 Å². The molecule has 1 aromatic heterocycles. The van der Waals surface area contributed by atoms with Crippen molar-refractivity contribution in [1.29, 1.82) is 0 Å². The van der Waals surface area contributed by atoms with E-state index in [1.165, 1.54) is 43.4 Å². The largest absolute Gasteiger partial charge is 0.478 e. The molecule has 5 nitrogen and oxygen atoms in total. The first-order valence-corrected chi connectivity index (χ1v) is 13.7. The van der Waals surface area contributed by atoms with Gasteiger partial charge in [0, 0.05) is 34.7 Å². The molecule has 2 N–H and O–H groups in total. The minimum Gasteiger partial charge on any atom is -0.478 e. The number of nitrogens with one attached hydrogen (secondary N) is 1. The maximum Gasteiger partial charge on any atom is 0.336 e. The molecular weight excluding hydrogens is 472 g/mol. The molecule has 1 heterocycles. The van der Waals surface area contributed by atoms with Crippen LogP contribution in [0.4, 0.5) is 0 Å². The summed E-state index contributed by atoms with van der Waals surface area (Å²) >= 11 is 0. The number of aromatic carboxylic acids is 1. The highest BCUT2D eigenvalue weighted by molar-refractivity contribution is 5.99. The minimum atomic E-state index is -0.925. The number of aryl methyl sites for hydroxylation is 1. The first-order chi connectivity index (χ1) is 18.3. The van der Waals surface area contributed by atoms with E-state index in [0.29, 0.717) is 29.2 Å². The van der Waals surface area contributed by atoms with E-state index < -0.39 is 5.97 Å². The molecule has 5 rings (SSSR count). The lowest BCUT2D eigenvalue weighted by atomic mass is 9.84. The van der Waals surface area contributed by atoms with Gasteiger partial charge in [0.05, 0.1) is 5.56 Å². The van der Waals surface area contributed by atoms with Crippen molar-refractivity contribution in [3.63, 3.8) is 0 Å². The summed E-state index contributed by atoms with van der Waals surface area (Å²) in [7, 11) is 0. The number of fused-ring (bicyclic) bond motifs is 1. The minimum absolute atomic E-state index is 0.00649. The fourth-order valence-corrected chi connectivity index (χ4v) is 5.93. The number of amides is 1. The summed E-state index contributed by atoms with van der Waals surface area (Å²) in [4.78, 5) is 24.7. The van der Waals surface area contributed by atoms with Crippen molar-refractivity contribution in [2.75, 3.05) is 0 Å². The SMILES string of the molecule is Cc1c(C)n(Cc2ccc(-c3ccccc3C(=O)O)cc2)c2ccc(C(=O)N[C@@H](C)C3CCCCC3)cc12. The second-order valence-electron chi connectivity index (χ2n) is 10.7. The first kappa shape index (κ1) is 25.8. The molecule has 1 saturated carbocycles. The van der Waals surface area contributed by atoms with Gasteiger partial charge < -0.3 is 15.0 Å². The van der Waals surface area contributed by atoms with Gasteiger partial charge in [-0.1, -0.05) is 61.7 Å². The average Bonchev–Trinajstić information content (AvgIpc) is 3.18. The Morgan fingerprint density at radius 3 is 2.39 bits per heavy atom. The van der Waals surface area contributed by atoms with Gasteiger partial charge in [0.1, 0.15) is 0 Å². The topological polar surface area (TPSA) is 71.3 Å². The molecule has 1 atom stereocenters. The van der Waals surface area contributed by atoms with E-state index in [4.69, 9.17) is 0 Å². The third-order valence-corrected chi connectivity index (χ3v) is 8.38. The molecule has 0 spiro atoms. The van der Waals surface area contributed by atoms with Crippen LogP contribution in [0.5, 0.6) is 0 Å². The Bertz CT molecular complexity index is 1480. The summed E-state index contributed by atoms with van der Waals surface area (Å²) in [6.45, 7) is 7.08. The number of hydrogen-bond acceptors (Lipinski definition) is 2. The number of carboxylic acid groups (broad SMARTS) is 1. The molecule has 1 aliphatic rings. The molecule has 0 radical (unpaired) electrons. The summed E-state index contributed by atoms with van der Waals surface area (Å²) in [5, 5.41) is 13.9. The zero-order valence-electron chi connectivity index (χ0n) is 22.5. The van der Waals surface area contributed by atoms with Crippen LogP contribution in [0, 0.1) is 19.8 Å². The van der Waals surface area contributed by atoms with Gasteiger partial charge in [0.15, 0.2) is 0 Å². The van der Waals surface area contributed by atoms with E-state index in [-0.39, 0.29) is 11.9 Å². The highest BCUT2D eigenvalue weighted by Gasteiger charge is 2.22. The predicted octanol–water partition coefficient (Wildman–Crippen LogP) is 7.37. The van der Waals surface area contributed by atoms with Gasteiger partial charge >= 0.3 is 5.97 Å². The third-order valence-electron chi connectivity index (χ3n) is 8.38. The Morgan fingerprint density at radius 1 is 0.974 bits per heavy atom. The number of carboxylic acids is 1. The van der Waals surface area contributed by atoms with Crippen LogP contribution in [0.2, 0.25) is 0 Å². The molecule has 4 aromatic rings. The standard InChI is InChI=1S/C33H36N2O3/c1-21-23(3)35(20-24-13-15-26(16-14-24)28-11-7-8-12-29(28)33(37)38)31-18-17-27(19-30(21)31)32(36)34-22(2)25-9-5-4-6-10-25/h7-8,11-19,22,25H,4-6,9-10,20H2,1-3H3,(H,34,36)(H,37,38)/t22-/m0/s1. The lowest BCUT2D eigenvalue weighted by Gasteiger charge is -2.28. The summed E-state index contributed by atoms with van der Waals surface area (Å²) in [5.41, 5.74) is 7.21. The Morgan fingerprint density at radius 2 is 1.68 bits per heavy atom. The van der Waals surface area contributed by atoms with E-state index in [2.05, 4.69) is 48.9 Å². The molecule has 0 aliphatic heterocycles. The van der Waals surface area contributed by atoms with Gasteiger partial charge in [0.25, 0.3) is 5.91 Å². The average molecular weight is 509 g/mol. The summed E-state index contributed by atoms with van der Waals surface area (Å²) in [6, 6.07) is 21.4. The van der Waals surface area contributed by atoms with Crippen LogP contribution < -0.4 is 5.32 Å². The highest BCUT2D eigenvalue weighted by Crippen LogP contribution is 2.30. The van der Waals surface area contributed by atoms with Crippen LogP contribution in [0.25, 0.3) is 22.0 Å². The van der Waals surface area contributed by atoms with Crippen molar-refractivity contribution in [3.05, 3.63) is 94.7 Å². The molecule has 0 bridgehead atoms. The molecule has 3 aromatic carbocycles. The van der Waals surface area contributed by atoms with Crippen molar-refractivity contribution in [2.45, 2.75) is 65.5 Å². The second kappa shape index (κ2) is 10.9. The number of benzene rings is 3. The predicted molar refractivity (Wildman–Crippen MR) is 153 cm³/mol. The summed E-state index contributed by atoms with van der Waals surface area (Å²) < 4.78 is 2.29. The quantitative estimate of drug-likeness (QED) is 0.274. The lowest BCUT2D eigenvalue weighted by Crippen LogP contribution is -2.38. The third kappa shape index (κ3) is 5.10.